The standard InChI is InChI=1S/C15H17NO2S/c1-10(2)13(9-12-7-5-4-6-8-12)16-14(17)11(3)19-15(16)18/h4-8,11,13H,1,9H2,2-3H3/t11-,13-/m0/s1. The van der Waals surface area contributed by atoms with Gasteiger partial charge in [-0.15, -0.1) is 0 Å². The highest BCUT2D eigenvalue weighted by Crippen LogP contribution is 2.31. The van der Waals surface area contributed by atoms with Crippen molar-refractivity contribution in [3.8, 4) is 0 Å². The molecule has 0 unspecified atom stereocenters. The summed E-state index contributed by atoms with van der Waals surface area (Å²) in [6, 6.07) is 9.60. The molecule has 1 aliphatic rings. The molecule has 0 N–H and O–H groups in total. The van der Waals surface area contributed by atoms with Gasteiger partial charge in [-0.1, -0.05) is 54.2 Å². The second-order valence-corrected chi connectivity index (χ2v) is 6.08. The predicted molar refractivity (Wildman–Crippen MR) is 78.0 cm³/mol. The molecule has 0 bridgehead atoms. The number of benzene rings is 1. The Hall–Kier alpha value is -1.55. The van der Waals surface area contributed by atoms with Gasteiger partial charge in [0.1, 0.15) is 0 Å². The zero-order chi connectivity index (χ0) is 14.0. The van der Waals surface area contributed by atoms with Crippen LogP contribution in [0.1, 0.15) is 19.4 Å². The van der Waals surface area contributed by atoms with Crippen LogP contribution in [0.5, 0.6) is 0 Å². The summed E-state index contributed by atoms with van der Waals surface area (Å²) in [7, 11) is 0. The first-order valence-corrected chi connectivity index (χ1v) is 7.11. The van der Waals surface area contributed by atoms with Crippen molar-refractivity contribution in [2.45, 2.75) is 31.6 Å². The van der Waals surface area contributed by atoms with Crippen molar-refractivity contribution in [1.29, 1.82) is 0 Å². The first-order valence-electron chi connectivity index (χ1n) is 6.23. The molecule has 0 radical (unpaired) electrons. The molecular weight excluding hydrogens is 258 g/mol. The fraction of sp³-hybridized carbons (Fsp3) is 0.333. The summed E-state index contributed by atoms with van der Waals surface area (Å²) in [5.41, 5.74) is 1.93. The van der Waals surface area contributed by atoms with Crippen molar-refractivity contribution in [3.63, 3.8) is 0 Å². The van der Waals surface area contributed by atoms with Gasteiger partial charge in [-0.3, -0.25) is 14.5 Å². The van der Waals surface area contributed by atoms with Crippen LogP contribution in [0.3, 0.4) is 0 Å². The number of amides is 2. The van der Waals surface area contributed by atoms with Gasteiger partial charge in [0.25, 0.3) is 5.24 Å². The molecule has 3 nitrogen and oxygen atoms in total. The SMILES string of the molecule is C=C(C)[C@H](Cc1ccccc1)N1C(=O)S[C@@H](C)C1=O. The number of imide groups is 1. The number of hydrogen-bond acceptors (Lipinski definition) is 3. The summed E-state index contributed by atoms with van der Waals surface area (Å²) in [4.78, 5) is 25.4. The second kappa shape index (κ2) is 5.61. The average Bonchev–Trinajstić information content (AvgIpc) is 2.62. The van der Waals surface area contributed by atoms with Crippen LogP contribution < -0.4 is 0 Å². The van der Waals surface area contributed by atoms with Gasteiger partial charge in [-0.25, -0.2) is 0 Å². The van der Waals surface area contributed by atoms with Gasteiger partial charge in [0.05, 0.1) is 11.3 Å². The third kappa shape index (κ3) is 2.89. The van der Waals surface area contributed by atoms with Gasteiger partial charge in [-0.05, 0) is 25.8 Å². The van der Waals surface area contributed by atoms with Gasteiger partial charge in [-0.2, -0.15) is 0 Å². The third-order valence-electron chi connectivity index (χ3n) is 3.21. The van der Waals surface area contributed by atoms with Gasteiger partial charge < -0.3 is 0 Å². The highest BCUT2D eigenvalue weighted by molar-refractivity contribution is 8.15. The zero-order valence-electron chi connectivity index (χ0n) is 11.1. The Morgan fingerprint density at radius 3 is 2.47 bits per heavy atom. The molecule has 2 amide bonds. The maximum absolute atomic E-state index is 12.1. The molecule has 1 aromatic rings. The average molecular weight is 275 g/mol. The van der Waals surface area contributed by atoms with E-state index in [-0.39, 0.29) is 22.4 Å². The van der Waals surface area contributed by atoms with E-state index in [0.29, 0.717) is 6.42 Å². The van der Waals surface area contributed by atoms with E-state index in [9.17, 15) is 9.59 Å². The Labute approximate surface area is 117 Å². The van der Waals surface area contributed by atoms with Crippen molar-refractivity contribution >= 4 is 22.9 Å². The monoisotopic (exact) mass is 275 g/mol. The Bertz CT molecular complexity index is 512. The molecule has 1 heterocycles. The van der Waals surface area contributed by atoms with Crippen LogP contribution in [0.25, 0.3) is 0 Å². The van der Waals surface area contributed by atoms with Gasteiger partial charge >= 0.3 is 0 Å². The number of nitrogens with zero attached hydrogens (tertiary/aromatic N) is 1. The summed E-state index contributed by atoms with van der Waals surface area (Å²) in [5.74, 6) is -0.112. The zero-order valence-corrected chi connectivity index (χ0v) is 11.9. The molecule has 19 heavy (non-hydrogen) atoms. The van der Waals surface area contributed by atoms with Crippen molar-refractivity contribution < 1.29 is 9.59 Å². The molecule has 4 heteroatoms. The largest absolute Gasteiger partial charge is 0.289 e. The maximum atomic E-state index is 12.1. The molecule has 2 rings (SSSR count). The molecule has 1 aliphatic heterocycles. The highest BCUT2D eigenvalue weighted by atomic mass is 32.2. The lowest BCUT2D eigenvalue weighted by molar-refractivity contribution is -0.127. The molecule has 0 spiro atoms. The van der Waals surface area contributed by atoms with E-state index in [2.05, 4.69) is 6.58 Å². The second-order valence-electron chi connectivity index (χ2n) is 4.79. The van der Waals surface area contributed by atoms with Crippen LogP contribution in [0, 0.1) is 0 Å². The third-order valence-corrected chi connectivity index (χ3v) is 4.17. The van der Waals surface area contributed by atoms with Crippen LogP contribution in [0.4, 0.5) is 4.79 Å². The molecule has 0 saturated carbocycles. The van der Waals surface area contributed by atoms with E-state index in [0.717, 1.165) is 22.9 Å². The topological polar surface area (TPSA) is 37.4 Å². The number of carbonyl (C=O) groups excluding carboxylic acids is 2. The lowest BCUT2D eigenvalue weighted by atomic mass is 9.99. The van der Waals surface area contributed by atoms with Gasteiger partial charge in [0.2, 0.25) is 5.91 Å². The summed E-state index contributed by atoms with van der Waals surface area (Å²) in [6.07, 6.45) is 0.626. The van der Waals surface area contributed by atoms with Crippen LogP contribution in [0.2, 0.25) is 0 Å². The van der Waals surface area contributed by atoms with Crippen molar-refractivity contribution in [2.24, 2.45) is 0 Å². The minimum absolute atomic E-state index is 0.112. The molecule has 0 aliphatic carbocycles. The number of thioether (sulfide) groups is 1. The smallest absolute Gasteiger partial charge is 0.273 e. The number of carbonyl (C=O) groups is 2. The summed E-state index contributed by atoms with van der Waals surface area (Å²) in [6.45, 7) is 7.56. The maximum Gasteiger partial charge on any atom is 0.289 e. The Kier molecular flexibility index (Phi) is 4.10. The molecular formula is C15H17NO2S. The van der Waals surface area contributed by atoms with Crippen LogP contribution >= 0.6 is 11.8 Å². The predicted octanol–water partition coefficient (Wildman–Crippen LogP) is 3.26. The molecule has 0 aromatic heterocycles. The quantitative estimate of drug-likeness (QED) is 0.792. The van der Waals surface area contributed by atoms with E-state index in [1.165, 1.54) is 4.90 Å². The Morgan fingerprint density at radius 1 is 1.37 bits per heavy atom. The van der Waals surface area contributed by atoms with E-state index >= 15 is 0 Å². The van der Waals surface area contributed by atoms with Gasteiger partial charge in [0, 0.05) is 0 Å². The summed E-state index contributed by atoms with van der Waals surface area (Å²) >= 11 is 1.09. The molecule has 100 valence electrons. The Morgan fingerprint density at radius 2 is 2.00 bits per heavy atom. The van der Waals surface area contributed by atoms with Gasteiger partial charge in [0.15, 0.2) is 0 Å². The first kappa shape index (κ1) is 13.9. The summed E-state index contributed by atoms with van der Waals surface area (Å²) in [5, 5.41) is -0.452. The van der Waals surface area contributed by atoms with E-state index in [4.69, 9.17) is 0 Å². The Balaban J connectivity index is 2.24. The molecule has 1 fully saturated rings. The van der Waals surface area contributed by atoms with Crippen molar-refractivity contribution in [3.05, 3.63) is 48.0 Å². The molecule has 2 atom stereocenters. The fourth-order valence-corrected chi connectivity index (χ4v) is 3.00. The van der Waals surface area contributed by atoms with Crippen molar-refractivity contribution in [1.82, 2.24) is 4.90 Å². The lowest BCUT2D eigenvalue weighted by Crippen LogP contribution is -2.42. The molecule has 1 aromatic carbocycles. The minimum atomic E-state index is -0.287. The molecule has 1 saturated heterocycles. The number of hydrogen-bond donors (Lipinski definition) is 0. The van der Waals surface area contributed by atoms with Crippen LogP contribution in [0.15, 0.2) is 42.5 Å². The van der Waals surface area contributed by atoms with Crippen LogP contribution in [-0.2, 0) is 11.2 Å². The summed E-state index contributed by atoms with van der Waals surface area (Å²) < 4.78 is 0. The van der Waals surface area contributed by atoms with Crippen molar-refractivity contribution in [2.75, 3.05) is 0 Å². The van der Waals surface area contributed by atoms with Crippen LogP contribution in [-0.4, -0.2) is 27.3 Å². The first-order chi connectivity index (χ1) is 9.00. The normalized spacial score (nSPS) is 20.7. The van der Waals surface area contributed by atoms with E-state index in [1.54, 1.807) is 6.92 Å². The fourth-order valence-electron chi connectivity index (χ4n) is 2.15. The lowest BCUT2D eigenvalue weighted by Gasteiger charge is -2.26. The minimum Gasteiger partial charge on any atom is -0.273 e. The number of rotatable bonds is 4. The van der Waals surface area contributed by atoms with E-state index < -0.39 is 0 Å². The van der Waals surface area contributed by atoms with E-state index in [1.807, 2.05) is 37.3 Å². The highest BCUT2D eigenvalue weighted by Gasteiger charge is 2.41.